The van der Waals surface area contributed by atoms with Crippen LogP contribution in [0.25, 0.3) is 38.0 Å². The van der Waals surface area contributed by atoms with E-state index in [2.05, 4.69) is 135 Å². The molecule has 3 heterocycles. The number of aromatic nitrogens is 1. The van der Waals surface area contributed by atoms with Gasteiger partial charge in [0.15, 0.2) is 0 Å². The zero-order valence-electron chi connectivity index (χ0n) is 22.6. The lowest BCUT2D eigenvalue weighted by Gasteiger charge is -2.30. The van der Waals surface area contributed by atoms with E-state index in [1.165, 1.54) is 54.8 Å². The highest BCUT2D eigenvalue weighted by Gasteiger charge is 2.41. The molecule has 0 amide bonds. The van der Waals surface area contributed by atoms with Crippen molar-refractivity contribution in [2.75, 3.05) is 6.54 Å². The van der Waals surface area contributed by atoms with Gasteiger partial charge in [-0.25, -0.2) is 0 Å². The molecule has 7 rings (SSSR count). The molecule has 1 aliphatic carbocycles. The quantitative estimate of drug-likeness (QED) is 0.274. The van der Waals surface area contributed by atoms with Gasteiger partial charge in [-0.15, -0.1) is 0 Å². The Hall–Kier alpha value is -3.43. The summed E-state index contributed by atoms with van der Waals surface area (Å²) in [7, 11) is 0. The molecule has 1 aromatic heterocycles. The van der Waals surface area contributed by atoms with E-state index in [1.807, 2.05) is 11.8 Å². The number of nitrogens with one attached hydrogen (secondary N) is 1. The minimum atomic E-state index is -0.0794. The maximum absolute atomic E-state index is 3.66. The lowest BCUT2D eigenvalue weighted by atomic mass is 9.82. The van der Waals surface area contributed by atoms with Gasteiger partial charge in [-0.1, -0.05) is 106 Å². The van der Waals surface area contributed by atoms with E-state index in [0.29, 0.717) is 5.25 Å². The van der Waals surface area contributed by atoms with Gasteiger partial charge in [-0.3, -0.25) is 0 Å². The van der Waals surface area contributed by atoms with E-state index in [-0.39, 0.29) is 10.8 Å². The van der Waals surface area contributed by atoms with Gasteiger partial charge in [-0.2, -0.15) is 0 Å². The van der Waals surface area contributed by atoms with Crippen LogP contribution in [0.2, 0.25) is 0 Å². The van der Waals surface area contributed by atoms with Crippen molar-refractivity contribution in [3.63, 3.8) is 0 Å². The number of fused-ring (bicyclic) bond motifs is 6. The van der Waals surface area contributed by atoms with Crippen LogP contribution in [0.5, 0.6) is 0 Å². The number of para-hydroxylation sites is 1. The normalized spacial score (nSPS) is 23.5. The fourth-order valence-electron chi connectivity index (χ4n) is 6.70. The maximum Gasteiger partial charge on any atom is 0.0774 e. The van der Waals surface area contributed by atoms with Crippen LogP contribution in [0.4, 0.5) is 0 Å². The van der Waals surface area contributed by atoms with Crippen molar-refractivity contribution >= 4 is 38.6 Å². The Bertz CT molecular complexity index is 1730. The molecule has 0 spiro atoms. The molecule has 2 nitrogen and oxygen atoms in total. The van der Waals surface area contributed by atoms with Crippen LogP contribution in [-0.2, 0) is 5.41 Å². The third-order valence-corrected chi connectivity index (χ3v) is 10.2. The minimum absolute atomic E-state index is 0.0251. The number of thioether (sulfide) groups is 1. The van der Waals surface area contributed by atoms with Gasteiger partial charge in [0.25, 0.3) is 0 Å². The van der Waals surface area contributed by atoms with Gasteiger partial charge in [-0.05, 0) is 59.0 Å². The molecule has 0 saturated heterocycles. The van der Waals surface area contributed by atoms with Crippen LogP contribution in [0.1, 0.15) is 45.2 Å². The van der Waals surface area contributed by atoms with Crippen molar-refractivity contribution in [3.8, 4) is 11.1 Å². The number of nitrogens with zero attached hydrogens (tertiary/aromatic N) is 1. The molecule has 0 radical (unpaired) electrons. The molecule has 2 unspecified atom stereocenters. The van der Waals surface area contributed by atoms with Crippen molar-refractivity contribution in [1.29, 1.82) is 0 Å². The minimum Gasteiger partial charge on any atom is -0.384 e. The van der Waals surface area contributed by atoms with Crippen LogP contribution in [0.3, 0.4) is 0 Å². The van der Waals surface area contributed by atoms with Gasteiger partial charge in [0.05, 0.1) is 21.3 Å². The van der Waals surface area contributed by atoms with Crippen molar-refractivity contribution < 1.29 is 0 Å². The first kappa shape index (κ1) is 23.7. The van der Waals surface area contributed by atoms with E-state index in [4.69, 9.17) is 0 Å². The molecule has 1 N–H and O–H groups in total. The number of dihydropyridines is 1. The molecule has 3 heteroatoms. The molecule has 2 atom stereocenters. The molecule has 190 valence electrons. The summed E-state index contributed by atoms with van der Waals surface area (Å²) in [5.41, 5.74) is 9.39. The average molecular weight is 515 g/mol. The van der Waals surface area contributed by atoms with Gasteiger partial charge >= 0.3 is 0 Å². The predicted octanol–water partition coefficient (Wildman–Crippen LogP) is 9.03. The Balaban J connectivity index is 1.47. The second-order valence-corrected chi connectivity index (χ2v) is 12.7. The monoisotopic (exact) mass is 514 g/mol. The van der Waals surface area contributed by atoms with Crippen LogP contribution in [-0.4, -0.2) is 16.4 Å². The summed E-state index contributed by atoms with van der Waals surface area (Å²) in [6.45, 7) is 10.2. The molecule has 0 saturated carbocycles. The summed E-state index contributed by atoms with van der Waals surface area (Å²) in [5, 5.41) is 7.94. The Morgan fingerprint density at radius 3 is 2.58 bits per heavy atom. The van der Waals surface area contributed by atoms with Crippen LogP contribution >= 0.6 is 11.8 Å². The lowest BCUT2D eigenvalue weighted by molar-refractivity contribution is 0.547. The van der Waals surface area contributed by atoms with Crippen LogP contribution in [0, 0.1) is 5.41 Å². The second-order valence-electron chi connectivity index (χ2n) is 11.5. The molecule has 38 heavy (non-hydrogen) atoms. The molecular weight excluding hydrogens is 480 g/mol. The molecule has 4 aromatic rings. The Labute approximate surface area is 229 Å². The largest absolute Gasteiger partial charge is 0.384 e. The highest BCUT2D eigenvalue weighted by molar-refractivity contribution is 8.09. The summed E-state index contributed by atoms with van der Waals surface area (Å²) < 4.78 is 2.53. The maximum atomic E-state index is 3.66. The van der Waals surface area contributed by atoms with Gasteiger partial charge < -0.3 is 9.88 Å². The highest BCUT2D eigenvalue weighted by Crippen LogP contribution is 2.54. The number of hydrogen-bond donors (Lipinski definition) is 1. The van der Waals surface area contributed by atoms with Crippen molar-refractivity contribution in [1.82, 2.24) is 9.88 Å². The first-order valence-corrected chi connectivity index (χ1v) is 14.7. The average Bonchev–Trinajstić information content (AvgIpc) is 3.53. The first-order valence-electron chi connectivity index (χ1n) is 13.8. The summed E-state index contributed by atoms with van der Waals surface area (Å²) in [5.74, 6) is 0. The number of allylic oxidation sites excluding steroid dienone is 5. The smallest absolute Gasteiger partial charge is 0.0774 e. The van der Waals surface area contributed by atoms with Crippen molar-refractivity contribution in [2.24, 2.45) is 5.41 Å². The summed E-state index contributed by atoms with van der Waals surface area (Å²) in [6.07, 6.45) is 14.9. The summed E-state index contributed by atoms with van der Waals surface area (Å²) >= 11 is 1.99. The molecule has 3 aliphatic rings. The van der Waals surface area contributed by atoms with Gasteiger partial charge in [0.2, 0.25) is 0 Å². The topological polar surface area (TPSA) is 17.0 Å². The Morgan fingerprint density at radius 2 is 1.76 bits per heavy atom. The highest BCUT2D eigenvalue weighted by atomic mass is 32.2. The van der Waals surface area contributed by atoms with E-state index >= 15 is 0 Å². The molecule has 0 bridgehead atoms. The fraction of sp³-hybridized carbons (Fsp3) is 0.257. The molecule has 0 fully saturated rings. The van der Waals surface area contributed by atoms with E-state index < -0.39 is 0 Å². The third-order valence-electron chi connectivity index (χ3n) is 8.67. The van der Waals surface area contributed by atoms with E-state index in [0.717, 1.165) is 13.0 Å². The summed E-state index contributed by atoms with van der Waals surface area (Å²) in [4.78, 5) is 0. The number of rotatable bonds is 4. The van der Waals surface area contributed by atoms with Crippen molar-refractivity contribution in [2.45, 2.75) is 44.8 Å². The van der Waals surface area contributed by atoms with E-state index in [1.54, 1.807) is 0 Å². The molecule has 3 aromatic carbocycles. The van der Waals surface area contributed by atoms with Crippen LogP contribution < -0.4 is 5.32 Å². The van der Waals surface area contributed by atoms with Gasteiger partial charge in [0.1, 0.15) is 0 Å². The fourth-order valence-corrected chi connectivity index (χ4v) is 8.26. The van der Waals surface area contributed by atoms with Crippen LogP contribution in [0.15, 0.2) is 103 Å². The molecular formula is C35H34N2S. The zero-order chi connectivity index (χ0) is 26.1. The lowest BCUT2D eigenvalue weighted by Crippen LogP contribution is -2.32. The third kappa shape index (κ3) is 3.34. The Morgan fingerprint density at radius 1 is 0.947 bits per heavy atom. The first-order chi connectivity index (χ1) is 18.4. The molecule has 2 aliphatic heterocycles. The van der Waals surface area contributed by atoms with E-state index in [9.17, 15) is 0 Å². The standard InChI is InChI=1S/C35H34N2S/c1-5-6-18-35(4)22-32(38-33(35)29-16-11-12-19-36-29)37-30-17-10-8-14-24(30)26-20-25-23-13-7-9-15-27(23)34(2,3)28(25)21-31(26)37/h6-18,20-22,33,36H,5,19H2,1-4H3. The predicted molar refractivity (Wildman–Crippen MR) is 165 cm³/mol. The SMILES string of the molecule is CCC=CC1(C)C=C(n2c3ccccc3c3cc4c(cc32)C(C)(C)c2ccccc2-4)SC1C1=CC=CCN1. The van der Waals surface area contributed by atoms with Gasteiger partial charge in [0, 0.05) is 33.8 Å². The van der Waals surface area contributed by atoms with Crippen molar-refractivity contribution in [3.05, 3.63) is 114 Å². The zero-order valence-corrected chi connectivity index (χ0v) is 23.4. The second kappa shape index (κ2) is 8.54. The number of hydrogen-bond acceptors (Lipinski definition) is 2. The Kier molecular flexibility index (Phi) is 5.32. The summed E-state index contributed by atoms with van der Waals surface area (Å²) in [6, 6.07) is 22.8. The number of benzene rings is 3.